The third-order valence-corrected chi connectivity index (χ3v) is 3.83. The molecule has 0 aliphatic rings. The van der Waals surface area contributed by atoms with Crippen molar-refractivity contribution in [1.29, 1.82) is 0 Å². The van der Waals surface area contributed by atoms with Gasteiger partial charge in [-0.05, 0) is 32.0 Å². The SMILES string of the molecule is Cc1nn(C)c(Oc2ccccc2)c1CNCc1ccoc1C. The lowest BCUT2D eigenvalue weighted by molar-refractivity contribution is 0.423. The van der Waals surface area contributed by atoms with Gasteiger partial charge in [-0.3, -0.25) is 0 Å². The van der Waals surface area contributed by atoms with Crippen LogP contribution in [0, 0.1) is 13.8 Å². The van der Waals surface area contributed by atoms with E-state index in [2.05, 4.69) is 10.4 Å². The fourth-order valence-corrected chi connectivity index (χ4v) is 2.53. The summed E-state index contributed by atoms with van der Waals surface area (Å²) in [7, 11) is 1.90. The third kappa shape index (κ3) is 3.46. The normalized spacial score (nSPS) is 10.9. The minimum atomic E-state index is 0.687. The monoisotopic (exact) mass is 311 g/mol. The van der Waals surface area contributed by atoms with Crippen LogP contribution in [0.1, 0.15) is 22.6 Å². The number of hydrogen-bond acceptors (Lipinski definition) is 4. The lowest BCUT2D eigenvalue weighted by Gasteiger charge is -2.09. The molecule has 0 spiro atoms. The highest BCUT2D eigenvalue weighted by atomic mass is 16.5. The van der Waals surface area contributed by atoms with E-state index in [4.69, 9.17) is 9.15 Å². The van der Waals surface area contributed by atoms with Crippen LogP contribution in [0.3, 0.4) is 0 Å². The number of para-hydroxylation sites is 1. The molecule has 0 aliphatic heterocycles. The summed E-state index contributed by atoms with van der Waals surface area (Å²) in [5.74, 6) is 2.52. The Morgan fingerprint density at radius 1 is 1.13 bits per heavy atom. The molecule has 0 aliphatic carbocycles. The smallest absolute Gasteiger partial charge is 0.222 e. The molecule has 23 heavy (non-hydrogen) atoms. The van der Waals surface area contributed by atoms with E-state index in [0.29, 0.717) is 6.54 Å². The molecule has 2 aromatic heterocycles. The zero-order valence-corrected chi connectivity index (χ0v) is 13.7. The van der Waals surface area contributed by atoms with Gasteiger partial charge in [-0.1, -0.05) is 18.2 Å². The Balaban J connectivity index is 1.72. The number of furan rings is 1. The molecule has 1 N–H and O–H groups in total. The van der Waals surface area contributed by atoms with Gasteiger partial charge in [0.25, 0.3) is 0 Å². The van der Waals surface area contributed by atoms with Crippen molar-refractivity contribution in [3.05, 3.63) is 65.2 Å². The van der Waals surface area contributed by atoms with E-state index in [0.717, 1.165) is 40.8 Å². The molecule has 0 unspecified atom stereocenters. The average molecular weight is 311 g/mol. The van der Waals surface area contributed by atoms with Crippen LogP contribution in [0.15, 0.2) is 47.1 Å². The van der Waals surface area contributed by atoms with E-state index in [-0.39, 0.29) is 0 Å². The topological polar surface area (TPSA) is 52.2 Å². The zero-order valence-electron chi connectivity index (χ0n) is 13.7. The number of aryl methyl sites for hydroxylation is 3. The van der Waals surface area contributed by atoms with Crippen LogP contribution in [0.5, 0.6) is 11.6 Å². The van der Waals surface area contributed by atoms with Gasteiger partial charge in [0.15, 0.2) is 0 Å². The Bertz CT molecular complexity index is 775. The Hall–Kier alpha value is -2.53. The van der Waals surface area contributed by atoms with E-state index in [9.17, 15) is 0 Å². The first-order valence-electron chi connectivity index (χ1n) is 7.64. The van der Waals surface area contributed by atoms with Gasteiger partial charge in [0.05, 0.1) is 17.5 Å². The van der Waals surface area contributed by atoms with E-state index < -0.39 is 0 Å². The molecular formula is C18H21N3O2. The van der Waals surface area contributed by atoms with Gasteiger partial charge >= 0.3 is 0 Å². The molecule has 120 valence electrons. The summed E-state index contributed by atoms with van der Waals surface area (Å²) < 4.78 is 13.1. The summed E-state index contributed by atoms with van der Waals surface area (Å²) in [6, 6.07) is 11.7. The Labute approximate surface area is 135 Å². The number of rotatable bonds is 6. The molecule has 0 amide bonds. The highest BCUT2D eigenvalue weighted by Crippen LogP contribution is 2.27. The molecule has 3 rings (SSSR count). The number of ether oxygens (including phenoxy) is 1. The van der Waals surface area contributed by atoms with Gasteiger partial charge in [0.2, 0.25) is 5.88 Å². The van der Waals surface area contributed by atoms with Crippen LogP contribution in [-0.2, 0) is 20.1 Å². The molecule has 5 nitrogen and oxygen atoms in total. The van der Waals surface area contributed by atoms with Crippen molar-refractivity contribution >= 4 is 0 Å². The molecule has 0 saturated carbocycles. The van der Waals surface area contributed by atoms with Crippen LogP contribution >= 0.6 is 0 Å². The molecule has 0 saturated heterocycles. The maximum Gasteiger partial charge on any atom is 0.222 e. The third-order valence-electron chi connectivity index (χ3n) is 3.83. The fraction of sp³-hybridized carbons (Fsp3) is 0.278. The van der Waals surface area contributed by atoms with Crippen LogP contribution in [-0.4, -0.2) is 9.78 Å². The maximum absolute atomic E-state index is 6.01. The van der Waals surface area contributed by atoms with Crippen LogP contribution in [0.2, 0.25) is 0 Å². The molecule has 1 aromatic carbocycles. The predicted molar refractivity (Wildman–Crippen MR) is 88.4 cm³/mol. The summed E-state index contributed by atoms with van der Waals surface area (Å²) in [5, 5.41) is 7.91. The van der Waals surface area contributed by atoms with E-state index in [1.165, 1.54) is 0 Å². The van der Waals surface area contributed by atoms with Crippen LogP contribution < -0.4 is 10.1 Å². The molecule has 5 heteroatoms. The zero-order chi connectivity index (χ0) is 16.2. The molecular weight excluding hydrogens is 290 g/mol. The first-order chi connectivity index (χ1) is 11.1. The van der Waals surface area contributed by atoms with Gasteiger partial charge in [-0.2, -0.15) is 5.10 Å². The summed E-state index contributed by atoms with van der Waals surface area (Å²) >= 11 is 0. The van der Waals surface area contributed by atoms with Gasteiger partial charge in [-0.15, -0.1) is 0 Å². The van der Waals surface area contributed by atoms with Gasteiger partial charge in [-0.25, -0.2) is 4.68 Å². The lowest BCUT2D eigenvalue weighted by Crippen LogP contribution is -2.13. The van der Waals surface area contributed by atoms with E-state index in [1.807, 2.05) is 57.3 Å². The second kappa shape index (κ2) is 6.71. The van der Waals surface area contributed by atoms with Crippen molar-refractivity contribution in [1.82, 2.24) is 15.1 Å². The number of benzene rings is 1. The average Bonchev–Trinajstić information content (AvgIpc) is 3.06. The number of hydrogen-bond donors (Lipinski definition) is 1. The molecule has 0 radical (unpaired) electrons. The van der Waals surface area contributed by atoms with Crippen molar-refractivity contribution < 1.29 is 9.15 Å². The second-order valence-electron chi connectivity index (χ2n) is 5.51. The Kier molecular flexibility index (Phi) is 4.48. The lowest BCUT2D eigenvalue weighted by atomic mass is 10.2. The van der Waals surface area contributed by atoms with Crippen molar-refractivity contribution in [3.8, 4) is 11.6 Å². The number of aromatic nitrogens is 2. The summed E-state index contributed by atoms with van der Waals surface area (Å²) in [5.41, 5.74) is 3.20. The van der Waals surface area contributed by atoms with Crippen LogP contribution in [0.4, 0.5) is 0 Å². The molecule has 0 bridgehead atoms. The van der Waals surface area contributed by atoms with Gasteiger partial charge < -0.3 is 14.5 Å². The van der Waals surface area contributed by atoms with E-state index >= 15 is 0 Å². The van der Waals surface area contributed by atoms with Crippen LogP contribution in [0.25, 0.3) is 0 Å². The molecule has 3 aromatic rings. The first-order valence-corrected chi connectivity index (χ1v) is 7.64. The fourth-order valence-electron chi connectivity index (χ4n) is 2.53. The Morgan fingerprint density at radius 2 is 1.91 bits per heavy atom. The van der Waals surface area contributed by atoms with Gasteiger partial charge in [0.1, 0.15) is 11.5 Å². The van der Waals surface area contributed by atoms with E-state index in [1.54, 1.807) is 10.9 Å². The second-order valence-corrected chi connectivity index (χ2v) is 5.51. The number of nitrogens with one attached hydrogen (secondary N) is 1. The van der Waals surface area contributed by atoms with Crippen molar-refractivity contribution in [2.24, 2.45) is 7.05 Å². The van der Waals surface area contributed by atoms with Gasteiger partial charge in [0, 0.05) is 25.7 Å². The molecule has 2 heterocycles. The highest BCUT2D eigenvalue weighted by Gasteiger charge is 2.15. The number of nitrogens with zero attached hydrogens (tertiary/aromatic N) is 2. The molecule has 0 atom stereocenters. The standard InChI is InChI=1S/C18H21N3O2/c1-13-17(12-19-11-15-9-10-22-14(15)2)18(21(3)20-13)23-16-7-5-4-6-8-16/h4-10,19H,11-12H2,1-3H3. The maximum atomic E-state index is 6.01. The minimum Gasteiger partial charge on any atom is -0.469 e. The summed E-state index contributed by atoms with van der Waals surface area (Å²) in [6.07, 6.45) is 1.71. The predicted octanol–water partition coefficient (Wildman–Crippen LogP) is 3.71. The quantitative estimate of drug-likeness (QED) is 0.754. The van der Waals surface area contributed by atoms with Crippen molar-refractivity contribution in [3.63, 3.8) is 0 Å². The first kappa shape index (κ1) is 15.4. The largest absolute Gasteiger partial charge is 0.469 e. The van der Waals surface area contributed by atoms with Crippen molar-refractivity contribution in [2.75, 3.05) is 0 Å². The minimum absolute atomic E-state index is 0.687. The molecule has 0 fully saturated rings. The highest BCUT2D eigenvalue weighted by molar-refractivity contribution is 5.35. The summed E-state index contributed by atoms with van der Waals surface area (Å²) in [4.78, 5) is 0. The Morgan fingerprint density at radius 3 is 2.61 bits per heavy atom. The van der Waals surface area contributed by atoms with Crippen molar-refractivity contribution in [2.45, 2.75) is 26.9 Å². The summed E-state index contributed by atoms with van der Waals surface area (Å²) in [6.45, 7) is 5.40.